The number of hydrogen-bond donors (Lipinski definition) is 2. The molecule has 10 heteroatoms. The first-order valence-corrected chi connectivity index (χ1v) is 10.1. The molecule has 2 atom stereocenters. The van der Waals surface area contributed by atoms with Crippen molar-refractivity contribution < 1.29 is 13.6 Å². The Kier molecular flexibility index (Phi) is 6.09. The number of anilines is 2. The van der Waals surface area contributed by atoms with Crippen LogP contribution in [0.15, 0.2) is 48.8 Å². The van der Waals surface area contributed by atoms with Gasteiger partial charge in [-0.2, -0.15) is 10.4 Å². The summed E-state index contributed by atoms with van der Waals surface area (Å²) in [5, 5.41) is 17.1. The third kappa shape index (κ3) is 4.73. The van der Waals surface area contributed by atoms with Gasteiger partial charge in [0.15, 0.2) is 5.82 Å². The second-order valence-corrected chi connectivity index (χ2v) is 7.66. The van der Waals surface area contributed by atoms with Crippen molar-refractivity contribution in [1.29, 1.82) is 5.26 Å². The van der Waals surface area contributed by atoms with Gasteiger partial charge in [0.05, 0.1) is 29.9 Å². The van der Waals surface area contributed by atoms with Crippen molar-refractivity contribution in [3.8, 4) is 6.07 Å². The molecule has 8 nitrogen and oxygen atoms in total. The average Bonchev–Trinajstić information content (AvgIpc) is 3.21. The number of hydrogen-bond acceptors (Lipinski definition) is 6. The third-order valence-corrected chi connectivity index (χ3v) is 5.45. The minimum absolute atomic E-state index is 0.170. The van der Waals surface area contributed by atoms with Gasteiger partial charge in [0.25, 0.3) is 5.91 Å². The molecule has 1 aromatic carbocycles. The third-order valence-electron chi connectivity index (χ3n) is 5.45. The Balaban J connectivity index is 1.57. The summed E-state index contributed by atoms with van der Waals surface area (Å²) in [6.07, 6.45) is 3.31. The molecule has 0 bridgehead atoms. The van der Waals surface area contributed by atoms with Gasteiger partial charge >= 0.3 is 0 Å². The molecule has 0 spiro atoms. The monoisotopic (exact) mass is 437 g/mol. The van der Waals surface area contributed by atoms with Gasteiger partial charge in [0.1, 0.15) is 17.2 Å². The second kappa shape index (κ2) is 9.11. The molecule has 0 saturated carbocycles. The number of pyridine rings is 1. The molecule has 3 heterocycles. The summed E-state index contributed by atoms with van der Waals surface area (Å²) >= 11 is 0. The molecule has 3 N–H and O–H groups in total. The fourth-order valence-electron chi connectivity index (χ4n) is 3.79. The molecule has 0 radical (unpaired) electrons. The Morgan fingerprint density at radius 2 is 1.97 bits per heavy atom. The van der Waals surface area contributed by atoms with Crippen LogP contribution < -0.4 is 11.1 Å². The summed E-state index contributed by atoms with van der Waals surface area (Å²) in [5.74, 6) is -1.53. The van der Waals surface area contributed by atoms with Gasteiger partial charge in [-0.25, -0.2) is 8.78 Å². The fraction of sp³-hybridized carbons (Fsp3) is 0.273. The lowest BCUT2D eigenvalue weighted by molar-refractivity contribution is 0.1000. The van der Waals surface area contributed by atoms with E-state index in [0.717, 1.165) is 5.69 Å². The number of amides is 1. The van der Waals surface area contributed by atoms with E-state index in [1.807, 2.05) is 0 Å². The topological polar surface area (TPSA) is 113 Å². The number of carbonyl (C=O) groups excluding carboxylic acids is 1. The number of nitrogens with one attached hydrogen (secondary N) is 1. The Hall–Kier alpha value is -3.84. The molecule has 0 aliphatic carbocycles. The second-order valence-electron chi connectivity index (χ2n) is 7.66. The van der Waals surface area contributed by atoms with Crippen LogP contribution >= 0.6 is 0 Å². The zero-order chi connectivity index (χ0) is 22.7. The van der Waals surface area contributed by atoms with E-state index in [4.69, 9.17) is 5.73 Å². The molecule has 3 aromatic rings. The molecule has 2 unspecified atom stereocenters. The zero-order valence-electron chi connectivity index (χ0n) is 17.1. The predicted octanol–water partition coefficient (Wildman–Crippen LogP) is 2.99. The molecule has 4 rings (SSSR count). The van der Waals surface area contributed by atoms with E-state index >= 15 is 0 Å². The van der Waals surface area contributed by atoms with Crippen molar-refractivity contribution >= 4 is 17.4 Å². The molecule has 32 heavy (non-hydrogen) atoms. The minimum atomic E-state index is -0.669. The van der Waals surface area contributed by atoms with Crippen molar-refractivity contribution in [2.75, 3.05) is 18.4 Å². The SMILES string of the molecule is N#CC1CCN(Cc2ccc(F)cn2)CC1n1cc(C(N)=O)c(Nc2ccc(F)cc2)n1. The number of benzene rings is 1. The average molecular weight is 437 g/mol. The lowest BCUT2D eigenvalue weighted by atomic mass is 9.93. The first-order chi connectivity index (χ1) is 15.4. The highest BCUT2D eigenvalue weighted by atomic mass is 19.1. The van der Waals surface area contributed by atoms with Crippen LogP contribution in [0.5, 0.6) is 0 Å². The fourth-order valence-corrected chi connectivity index (χ4v) is 3.79. The highest BCUT2D eigenvalue weighted by molar-refractivity contribution is 5.98. The number of likely N-dealkylation sites (tertiary alicyclic amines) is 1. The molecule has 1 amide bonds. The van der Waals surface area contributed by atoms with Crippen LogP contribution in [0.2, 0.25) is 0 Å². The van der Waals surface area contributed by atoms with Crippen molar-refractivity contribution in [2.24, 2.45) is 11.7 Å². The molecule has 1 aliphatic heterocycles. The van der Waals surface area contributed by atoms with Crippen molar-refractivity contribution in [3.63, 3.8) is 0 Å². The van der Waals surface area contributed by atoms with Gasteiger partial charge in [-0.1, -0.05) is 0 Å². The summed E-state index contributed by atoms with van der Waals surface area (Å²) in [7, 11) is 0. The molecule has 1 fully saturated rings. The Morgan fingerprint density at radius 3 is 2.62 bits per heavy atom. The maximum Gasteiger partial charge on any atom is 0.254 e. The van der Waals surface area contributed by atoms with E-state index < -0.39 is 11.7 Å². The van der Waals surface area contributed by atoms with Crippen LogP contribution in [0, 0.1) is 28.9 Å². The lowest BCUT2D eigenvalue weighted by Gasteiger charge is -2.35. The number of nitriles is 1. The molecular weight excluding hydrogens is 416 g/mol. The molecule has 1 aliphatic rings. The highest BCUT2D eigenvalue weighted by Gasteiger charge is 2.32. The number of halogens is 2. The van der Waals surface area contributed by atoms with Crippen LogP contribution in [0.3, 0.4) is 0 Å². The normalized spacial score (nSPS) is 18.8. The maximum absolute atomic E-state index is 13.2. The number of nitrogens with zero attached hydrogens (tertiary/aromatic N) is 5. The van der Waals surface area contributed by atoms with Gasteiger partial charge in [-0.3, -0.25) is 19.4 Å². The summed E-state index contributed by atoms with van der Waals surface area (Å²) < 4.78 is 27.9. The quantitative estimate of drug-likeness (QED) is 0.613. The maximum atomic E-state index is 13.2. The standard InChI is InChI=1S/C22H21F2N7O/c23-15-1-4-17(5-2-15)28-22-19(21(26)32)12-31(29-22)20-13-30(8-7-14(20)9-25)11-18-6-3-16(24)10-27-18/h1-6,10,12,14,20H,7-8,11,13H2,(H2,26,32)(H,28,29). The summed E-state index contributed by atoms with van der Waals surface area (Å²) in [5.41, 5.74) is 6.97. The van der Waals surface area contributed by atoms with E-state index in [-0.39, 0.29) is 29.2 Å². The van der Waals surface area contributed by atoms with E-state index in [1.54, 1.807) is 10.7 Å². The summed E-state index contributed by atoms with van der Waals surface area (Å²) in [6.45, 7) is 1.67. The first-order valence-electron chi connectivity index (χ1n) is 10.1. The highest BCUT2D eigenvalue weighted by Crippen LogP contribution is 2.30. The Bertz CT molecular complexity index is 1140. The van der Waals surface area contributed by atoms with Gasteiger partial charge in [0.2, 0.25) is 0 Å². The number of piperidine rings is 1. The Labute approximate surface area is 183 Å². The van der Waals surface area contributed by atoms with Crippen LogP contribution in [-0.4, -0.2) is 38.7 Å². The van der Waals surface area contributed by atoms with E-state index in [0.29, 0.717) is 31.7 Å². The Morgan fingerprint density at radius 1 is 1.22 bits per heavy atom. The number of carbonyl (C=O) groups is 1. The van der Waals surface area contributed by atoms with Gasteiger partial charge in [0, 0.05) is 25.0 Å². The van der Waals surface area contributed by atoms with Gasteiger partial charge in [-0.05, 0) is 49.4 Å². The minimum Gasteiger partial charge on any atom is -0.365 e. The van der Waals surface area contributed by atoms with Crippen molar-refractivity contribution in [1.82, 2.24) is 19.7 Å². The van der Waals surface area contributed by atoms with Crippen molar-refractivity contribution in [2.45, 2.75) is 19.0 Å². The van der Waals surface area contributed by atoms with E-state index in [2.05, 4.69) is 26.4 Å². The number of aromatic nitrogens is 3. The van der Waals surface area contributed by atoms with E-state index in [1.165, 1.54) is 42.7 Å². The van der Waals surface area contributed by atoms with Crippen molar-refractivity contribution in [3.05, 3.63) is 71.7 Å². The van der Waals surface area contributed by atoms with Crippen LogP contribution in [-0.2, 0) is 6.54 Å². The number of primary amides is 1. The number of nitrogens with two attached hydrogens (primary N) is 1. The molecule has 164 valence electrons. The first kappa shape index (κ1) is 21.4. The lowest BCUT2D eigenvalue weighted by Crippen LogP contribution is -2.41. The van der Waals surface area contributed by atoms with Crippen LogP contribution in [0.4, 0.5) is 20.3 Å². The van der Waals surface area contributed by atoms with Crippen LogP contribution in [0.25, 0.3) is 0 Å². The van der Waals surface area contributed by atoms with Gasteiger partial charge in [-0.15, -0.1) is 0 Å². The number of rotatable bonds is 6. The summed E-state index contributed by atoms with van der Waals surface area (Å²) in [4.78, 5) is 18.2. The van der Waals surface area contributed by atoms with Crippen LogP contribution in [0.1, 0.15) is 28.5 Å². The van der Waals surface area contributed by atoms with Gasteiger partial charge < -0.3 is 11.1 Å². The molecule has 1 saturated heterocycles. The zero-order valence-corrected chi connectivity index (χ0v) is 17.1. The molecular formula is C22H21F2N7O. The largest absolute Gasteiger partial charge is 0.365 e. The summed E-state index contributed by atoms with van der Waals surface area (Å²) in [6, 6.07) is 10.6. The smallest absolute Gasteiger partial charge is 0.254 e. The predicted molar refractivity (Wildman–Crippen MR) is 113 cm³/mol. The van der Waals surface area contributed by atoms with E-state index in [9.17, 15) is 18.8 Å². The molecule has 2 aromatic heterocycles.